The molecule has 2 aliphatic rings. The van der Waals surface area contributed by atoms with Crippen LogP contribution in [0.1, 0.15) is 32.6 Å². The van der Waals surface area contributed by atoms with E-state index in [0.717, 1.165) is 19.4 Å². The van der Waals surface area contributed by atoms with Gasteiger partial charge in [0.1, 0.15) is 0 Å². The van der Waals surface area contributed by atoms with Gasteiger partial charge >= 0.3 is 0 Å². The lowest BCUT2D eigenvalue weighted by Gasteiger charge is -2.37. The molecule has 0 saturated carbocycles. The van der Waals surface area contributed by atoms with Crippen LogP contribution in [0.3, 0.4) is 0 Å². The molecule has 4 nitrogen and oxygen atoms in total. The molecule has 98 valence electrons. The van der Waals surface area contributed by atoms with Crippen molar-refractivity contribution in [1.82, 2.24) is 15.1 Å². The van der Waals surface area contributed by atoms with E-state index >= 15 is 0 Å². The van der Waals surface area contributed by atoms with Crippen molar-refractivity contribution in [2.75, 3.05) is 27.2 Å². The van der Waals surface area contributed by atoms with Crippen LogP contribution in [0.5, 0.6) is 0 Å². The lowest BCUT2D eigenvalue weighted by Crippen LogP contribution is -2.51. The Hall–Kier alpha value is -0.610. The van der Waals surface area contributed by atoms with Gasteiger partial charge < -0.3 is 15.1 Å². The van der Waals surface area contributed by atoms with E-state index in [-0.39, 0.29) is 5.91 Å². The number of nitrogens with one attached hydrogen (secondary N) is 1. The summed E-state index contributed by atoms with van der Waals surface area (Å²) in [5.74, 6) is 0.281. The van der Waals surface area contributed by atoms with Crippen molar-refractivity contribution in [2.45, 2.75) is 50.7 Å². The van der Waals surface area contributed by atoms with Gasteiger partial charge in [-0.2, -0.15) is 0 Å². The van der Waals surface area contributed by atoms with Crippen molar-refractivity contribution in [3.8, 4) is 0 Å². The Morgan fingerprint density at radius 2 is 1.82 bits per heavy atom. The van der Waals surface area contributed by atoms with Crippen LogP contribution in [0, 0.1) is 0 Å². The Bertz CT molecular complexity index is 268. The van der Waals surface area contributed by atoms with E-state index in [1.54, 1.807) is 0 Å². The van der Waals surface area contributed by atoms with Gasteiger partial charge in [-0.15, -0.1) is 0 Å². The molecule has 1 N–H and O–H groups in total. The maximum absolute atomic E-state index is 12.2. The standard InChI is InChI=1S/C13H25N3O/c1-4-16(13(17)9-15(2)3)12-7-10-5-6-11(8-12)14-10/h10-12,14H,4-9H2,1-3H3. The first-order valence-electron chi connectivity index (χ1n) is 6.80. The van der Waals surface area contributed by atoms with E-state index in [2.05, 4.69) is 17.1 Å². The van der Waals surface area contributed by atoms with E-state index in [9.17, 15) is 4.79 Å². The maximum Gasteiger partial charge on any atom is 0.236 e. The summed E-state index contributed by atoms with van der Waals surface area (Å²) < 4.78 is 0. The molecule has 2 saturated heterocycles. The van der Waals surface area contributed by atoms with Crippen molar-refractivity contribution >= 4 is 5.91 Å². The van der Waals surface area contributed by atoms with Crippen LogP contribution in [0.25, 0.3) is 0 Å². The number of hydrogen-bond donors (Lipinski definition) is 1. The fourth-order valence-corrected chi connectivity index (χ4v) is 3.28. The van der Waals surface area contributed by atoms with Crippen molar-refractivity contribution in [3.63, 3.8) is 0 Å². The lowest BCUT2D eigenvalue weighted by molar-refractivity contribution is -0.134. The fourth-order valence-electron chi connectivity index (χ4n) is 3.28. The zero-order valence-corrected chi connectivity index (χ0v) is 11.3. The molecule has 17 heavy (non-hydrogen) atoms. The predicted octanol–water partition coefficient (Wildman–Crippen LogP) is 0.680. The Balaban J connectivity index is 1.96. The van der Waals surface area contributed by atoms with Gasteiger partial charge in [-0.3, -0.25) is 4.79 Å². The fraction of sp³-hybridized carbons (Fsp3) is 0.923. The van der Waals surface area contributed by atoms with Gasteiger partial charge in [0.15, 0.2) is 0 Å². The largest absolute Gasteiger partial charge is 0.339 e. The van der Waals surface area contributed by atoms with Crippen LogP contribution in [-0.2, 0) is 4.79 Å². The molecule has 2 atom stereocenters. The van der Waals surface area contributed by atoms with Gasteiger partial charge in [-0.1, -0.05) is 0 Å². The van der Waals surface area contributed by atoms with Gasteiger partial charge in [0.2, 0.25) is 5.91 Å². The molecule has 0 aliphatic carbocycles. The van der Waals surface area contributed by atoms with E-state index in [1.807, 2.05) is 19.0 Å². The Labute approximate surface area is 104 Å². The second-order valence-corrected chi connectivity index (χ2v) is 5.68. The third kappa shape index (κ3) is 2.99. The molecular formula is C13H25N3O. The Morgan fingerprint density at radius 1 is 1.24 bits per heavy atom. The summed E-state index contributed by atoms with van der Waals surface area (Å²) in [4.78, 5) is 16.2. The molecular weight excluding hydrogens is 214 g/mol. The molecule has 2 aliphatic heterocycles. The highest BCUT2D eigenvalue weighted by Gasteiger charge is 2.36. The van der Waals surface area contributed by atoms with E-state index in [1.165, 1.54) is 12.8 Å². The molecule has 2 bridgehead atoms. The highest BCUT2D eigenvalue weighted by atomic mass is 16.2. The highest BCUT2D eigenvalue weighted by Crippen LogP contribution is 2.29. The number of piperidine rings is 1. The van der Waals surface area contributed by atoms with Crippen molar-refractivity contribution < 1.29 is 4.79 Å². The molecule has 0 aromatic heterocycles. The van der Waals surface area contributed by atoms with Crippen molar-refractivity contribution in [3.05, 3.63) is 0 Å². The van der Waals surface area contributed by atoms with Crippen molar-refractivity contribution in [2.24, 2.45) is 0 Å². The monoisotopic (exact) mass is 239 g/mol. The van der Waals surface area contributed by atoms with E-state index in [4.69, 9.17) is 0 Å². The summed E-state index contributed by atoms with van der Waals surface area (Å²) in [5, 5.41) is 3.63. The molecule has 0 aromatic rings. The topological polar surface area (TPSA) is 35.6 Å². The molecule has 0 radical (unpaired) electrons. The van der Waals surface area contributed by atoms with Crippen LogP contribution in [0.15, 0.2) is 0 Å². The number of rotatable bonds is 4. The molecule has 0 aromatic carbocycles. The SMILES string of the molecule is CCN(C(=O)CN(C)C)C1CC2CCC(C1)N2. The summed E-state index contributed by atoms with van der Waals surface area (Å²) in [7, 11) is 3.91. The van der Waals surface area contributed by atoms with Gasteiger partial charge in [-0.25, -0.2) is 0 Å². The number of carbonyl (C=O) groups is 1. The third-order valence-electron chi connectivity index (χ3n) is 4.00. The average molecular weight is 239 g/mol. The minimum Gasteiger partial charge on any atom is -0.339 e. The minimum absolute atomic E-state index is 0.281. The molecule has 2 heterocycles. The number of nitrogens with zero attached hydrogens (tertiary/aromatic N) is 2. The van der Waals surface area contributed by atoms with Crippen molar-refractivity contribution in [1.29, 1.82) is 0 Å². The lowest BCUT2D eigenvalue weighted by atomic mass is 9.98. The third-order valence-corrected chi connectivity index (χ3v) is 4.00. The summed E-state index contributed by atoms with van der Waals surface area (Å²) in [6, 6.07) is 1.77. The summed E-state index contributed by atoms with van der Waals surface area (Å²) in [6.07, 6.45) is 4.87. The summed E-state index contributed by atoms with van der Waals surface area (Å²) >= 11 is 0. The molecule has 2 fully saturated rings. The van der Waals surface area contributed by atoms with Crippen LogP contribution in [-0.4, -0.2) is 61.0 Å². The second-order valence-electron chi connectivity index (χ2n) is 5.68. The van der Waals surface area contributed by atoms with Crippen LogP contribution in [0.4, 0.5) is 0 Å². The summed E-state index contributed by atoms with van der Waals surface area (Å²) in [5.41, 5.74) is 0. The number of fused-ring (bicyclic) bond motifs is 2. The molecule has 2 unspecified atom stereocenters. The zero-order valence-electron chi connectivity index (χ0n) is 11.3. The average Bonchev–Trinajstić information content (AvgIpc) is 2.58. The van der Waals surface area contributed by atoms with Gasteiger partial charge in [0, 0.05) is 24.7 Å². The highest BCUT2D eigenvalue weighted by molar-refractivity contribution is 5.78. The molecule has 1 amide bonds. The molecule has 2 rings (SSSR count). The first-order valence-corrected chi connectivity index (χ1v) is 6.80. The quantitative estimate of drug-likeness (QED) is 0.783. The van der Waals surface area contributed by atoms with Gasteiger partial charge in [0.05, 0.1) is 6.54 Å². The summed E-state index contributed by atoms with van der Waals surface area (Å²) in [6.45, 7) is 3.47. The smallest absolute Gasteiger partial charge is 0.236 e. The number of likely N-dealkylation sites (N-methyl/N-ethyl adjacent to an activating group) is 2. The number of carbonyl (C=O) groups excluding carboxylic acids is 1. The number of hydrogen-bond acceptors (Lipinski definition) is 3. The minimum atomic E-state index is 0.281. The first kappa shape index (κ1) is 12.8. The van der Waals surface area contributed by atoms with E-state index in [0.29, 0.717) is 24.7 Å². The second kappa shape index (κ2) is 5.36. The van der Waals surface area contributed by atoms with Crippen LogP contribution >= 0.6 is 0 Å². The van der Waals surface area contributed by atoms with E-state index < -0.39 is 0 Å². The number of amides is 1. The Kier molecular flexibility index (Phi) is 4.05. The Morgan fingerprint density at radius 3 is 2.29 bits per heavy atom. The predicted molar refractivity (Wildman–Crippen MR) is 68.9 cm³/mol. The first-order chi connectivity index (χ1) is 8.10. The maximum atomic E-state index is 12.2. The van der Waals surface area contributed by atoms with Gasteiger partial charge in [-0.05, 0) is 46.7 Å². The normalized spacial score (nSPS) is 31.9. The van der Waals surface area contributed by atoms with Crippen LogP contribution in [0.2, 0.25) is 0 Å². The zero-order chi connectivity index (χ0) is 12.4. The van der Waals surface area contributed by atoms with Crippen LogP contribution < -0.4 is 5.32 Å². The molecule has 0 spiro atoms. The van der Waals surface area contributed by atoms with Gasteiger partial charge in [0.25, 0.3) is 0 Å². The molecule has 4 heteroatoms.